The number of nitrogens with one attached hydrogen (secondary N) is 1. The molecular weight excluding hydrogens is 237 g/mol. The molecule has 0 fully saturated rings. The molecule has 1 aliphatic rings. The first-order chi connectivity index (χ1) is 7.55. The number of alkyl halides is 3. The molecule has 0 bridgehead atoms. The zero-order valence-electron chi connectivity index (χ0n) is 8.21. The topological polar surface area (TPSA) is 24.4 Å². The second-order valence-electron chi connectivity index (χ2n) is 3.24. The van der Waals surface area contributed by atoms with Crippen molar-refractivity contribution >= 4 is 22.6 Å². The van der Waals surface area contributed by atoms with Crippen LogP contribution in [-0.2, 0) is 6.18 Å². The van der Waals surface area contributed by atoms with E-state index in [0.717, 1.165) is 17.9 Å². The zero-order chi connectivity index (χ0) is 11.6. The Bertz CT molecular complexity index is 415. The fourth-order valence-corrected chi connectivity index (χ4v) is 2.06. The van der Waals surface area contributed by atoms with Crippen molar-refractivity contribution in [2.75, 3.05) is 17.6 Å². The third-order valence-corrected chi connectivity index (χ3v) is 2.92. The molecule has 2 rings (SSSR count). The summed E-state index contributed by atoms with van der Waals surface area (Å²) < 4.78 is 37.3. The molecule has 1 heterocycles. The highest BCUT2D eigenvalue weighted by Crippen LogP contribution is 2.31. The maximum absolute atomic E-state index is 12.4. The maximum Gasteiger partial charge on any atom is 0.416 e. The summed E-state index contributed by atoms with van der Waals surface area (Å²) in [7, 11) is 0. The van der Waals surface area contributed by atoms with Crippen LogP contribution in [0.25, 0.3) is 0 Å². The number of thioether (sulfide) groups is 1. The fraction of sp³-hybridized carbons (Fsp3) is 0.300. The maximum atomic E-state index is 12.4. The van der Waals surface area contributed by atoms with E-state index in [1.807, 2.05) is 0 Å². The van der Waals surface area contributed by atoms with E-state index in [2.05, 4.69) is 10.3 Å². The molecule has 0 atom stereocenters. The van der Waals surface area contributed by atoms with Gasteiger partial charge in [-0.15, -0.1) is 0 Å². The molecule has 0 aliphatic carbocycles. The third kappa shape index (κ3) is 2.69. The van der Waals surface area contributed by atoms with Crippen LogP contribution in [0.4, 0.5) is 18.9 Å². The summed E-state index contributed by atoms with van der Waals surface area (Å²) in [4.78, 5) is 4.11. The van der Waals surface area contributed by atoms with Crippen LogP contribution in [0.3, 0.4) is 0 Å². The molecule has 0 saturated heterocycles. The second kappa shape index (κ2) is 4.37. The van der Waals surface area contributed by atoms with E-state index in [0.29, 0.717) is 17.4 Å². The molecule has 0 unspecified atom stereocenters. The number of anilines is 1. The Kier molecular flexibility index (Phi) is 3.09. The molecule has 2 nitrogen and oxygen atoms in total. The molecule has 0 aromatic heterocycles. The highest BCUT2D eigenvalue weighted by Gasteiger charge is 2.30. The van der Waals surface area contributed by atoms with Gasteiger partial charge in [0.1, 0.15) is 0 Å². The monoisotopic (exact) mass is 246 g/mol. The van der Waals surface area contributed by atoms with E-state index in [-0.39, 0.29) is 0 Å². The van der Waals surface area contributed by atoms with Gasteiger partial charge in [-0.1, -0.05) is 17.8 Å². The van der Waals surface area contributed by atoms with Gasteiger partial charge >= 0.3 is 6.18 Å². The van der Waals surface area contributed by atoms with Crippen LogP contribution in [0.2, 0.25) is 0 Å². The number of hydrogen-bond acceptors (Lipinski definition) is 3. The lowest BCUT2D eigenvalue weighted by Crippen LogP contribution is -2.08. The van der Waals surface area contributed by atoms with Gasteiger partial charge in [-0.3, -0.25) is 4.99 Å². The van der Waals surface area contributed by atoms with Crippen molar-refractivity contribution in [3.8, 4) is 0 Å². The Morgan fingerprint density at radius 3 is 2.75 bits per heavy atom. The van der Waals surface area contributed by atoms with Crippen molar-refractivity contribution in [2.24, 2.45) is 4.99 Å². The van der Waals surface area contributed by atoms with E-state index in [9.17, 15) is 13.2 Å². The summed E-state index contributed by atoms with van der Waals surface area (Å²) in [5.74, 6) is 0.876. The highest BCUT2D eigenvalue weighted by atomic mass is 32.2. The smallest absolute Gasteiger partial charge is 0.335 e. The van der Waals surface area contributed by atoms with E-state index >= 15 is 0 Å². The molecule has 16 heavy (non-hydrogen) atoms. The van der Waals surface area contributed by atoms with Crippen molar-refractivity contribution in [1.29, 1.82) is 0 Å². The lowest BCUT2D eigenvalue weighted by molar-refractivity contribution is -0.137. The van der Waals surface area contributed by atoms with Crippen LogP contribution in [0, 0.1) is 0 Å². The summed E-state index contributed by atoms with van der Waals surface area (Å²) in [6.45, 7) is 0.714. The minimum absolute atomic E-state index is 0.419. The fourth-order valence-electron chi connectivity index (χ4n) is 1.31. The predicted molar refractivity (Wildman–Crippen MR) is 59.8 cm³/mol. The van der Waals surface area contributed by atoms with Crippen LogP contribution in [0.5, 0.6) is 0 Å². The number of hydrogen-bond donors (Lipinski definition) is 1. The third-order valence-electron chi connectivity index (χ3n) is 2.03. The standard InChI is InChI=1S/C10H9F3N2S/c11-10(12,13)7-2-1-3-8(6-7)15-9-14-4-5-16-9/h1-3,6H,4-5H2,(H,14,15). The summed E-state index contributed by atoms with van der Waals surface area (Å²) in [6, 6.07) is 5.11. The molecule has 0 radical (unpaired) electrons. The SMILES string of the molecule is FC(F)(F)c1cccc(NC2=NCCS2)c1. The Morgan fingerprint density at radius 1 is 1.31 bits per heavy atom. The molecule has 0 amide bonds. The van der Waals surface area contributed by atoms with Crippen LogP contribution in [0.1, 0.15) is 5.56 Å². The van der Waals surface area contributed by atoms with Gasteiger partial charge in [0.25, 0.3) is 0 Å². The van der Waals surface area contributed by atoms with Gasteiger partial charge < -0.3 is 5.32 Å². The van der Waals surface area contributed by atoms with Crippen molar-refractivity contribution < 1.29 is 13.2 Å². The molecule has 1 aliphatic heterocycles. The van der Waals surface area contributed by atoms with Gasteiger partial charge in [0.05, 0.1) is 12.1 Å². The Hall–Kier alpha value is -1.17. The Balaban J connectivity index is 2.16. The van der Waals surface area contributed by atoms with Crippen LogP contribution < -0.4 is 5.32 Å². The number of amidine groups is 1. The van der Waals surface area contributed by atoms with Gasteiger partial charge in [0, 0.05) is 11.4 Å². The van der Waals surface area contributed by atoms with Crippen molar-refractivity contribution in [3.63, 3.8) is 0 Å². The normalized spacial score (nSPS) is 16.1. The number of halogens is 3. The first-order valence-corrected chi connectivity index (χ1v) is 5.66. The largest absolute Gasteiger partial charge is 0.416 e. The van der Waals surface area contributed by atoms with Crippen molar-refractivity contribution in [1.82, 2.24) is 0 Å². The minimum Gasteiger partial charge on any atom is -0.335 e. The van der Waals surface area contributed by atoms with Crippen LogP contribution >= 0.6 is 11.8 Å². The highest BCUT2D eigenvalue weighted by molar-refractivity contribution is 8.14. The summed E-state index contributed by atoms with van der Waals surface area (Å²) in [5, 5.41) is 3.55. The second-order valence-corrected chi connectivity index (χ2v) is 4.32. The average Bonchev–Trinajstić information content (AvgIpc) is 2.70. The zero-order valence-corrected chi connectivity index (χ0v) is 9.03. The number of benzene rings is 1. The molecular formula is C10H9F3N2S. The number of aliphatic imine (C=N–C) groups is 1. The first-order valence-electron chi connectivity index (χ1n) is 4.67. The van der Waals surface area contributed by atoms with Gasteiger partial charge in [-0.25, -0.2) is 0 Å². The minimum atomic E-state index is -4.30. The Labute approximate surface area is 95.0 Å². The first kappa shape index (κ1) is 11.3. The Morgan fingerprint density at radius 2 is 2.12 bits per heavy atom. The van der Waals surface area contributed by atoms with E-state index in [4.69, 9.17) is 0 Å². The quantitative estimate of drug-likeness (QED) is 0.822. The van der Waals surface area contributed by atoms with E-state index < -0.39 is 11.7 Å². The molecule has 86 valence electrons. The van der Waals surface area contributed by atoms with Crippen molar-refractivity contribution in [2.45, 2.75) is 6.18 Å². The summed E-state index contributed by atoms with van der Waals surface area (Å²) in [6.07, 6.45) is -4.30. The van der Waals surface area contributed by atoms with Crippen molar-refractivity contribution in [3.05, 3.63) is 29.8 Å². The molecule has 0 saturated carbocycles. The van der Waals surface area contributed by atoms with Gasteiger partial charge in [0.15, 0.2) is 5.17 Å². The molecule has 1 aromatic carbocycles. The molecule has 0 spiro atoms. The van der Waals surface area contributed by atoms with Gasteiger partial charge in [-0.2, -0.15) is 13.2 Å². The summed E-state index contributed by atoms with van der Waals surface area (Å²) >= 11 is 1.51. The van der Waals surface area contributed by atoms with Crippen LogP contribution in [0.15, 0.2) is 29.3 Å². The number of rotatable bonds is 1. The van der Waals surface area contributed by atoms with E-state index in [1.165, 1.54) is 17.8 Å². The van der Waals surface area contributed by atoms with E-state index in [1.54, 1.807) is 6.07 Å². The summed E-state index contributed by atoms with van der Waals surface area (Å²) in [5.41, 5.74) is -0.232. The lowest BCUT2D eigenvalue weighted by Gasteiger charge is -2.09. The lowest BCUT2D eigenvalue weighted by atomic mass is 10.2. The predicted octanol–water partition coefficient (Wildman–Crippen LogP) is 3.22. The molecule has 1 N–H and O–H groups in total. The van der Waals surface area contributed by atoms with Crippen LogP contribution in [-0.4, -0.2) is 17.5 Å². The number of nitrogens with zero attached hydrogens (tertiary/aromatic N) is 1. The average molecular weight is 246 g/mol. The van der Waals surface area contributed by atoms with Gasteiger partial charge in [0.2, 0.25) is 0 Å². The van der Waals surface area contributed by atoms with Gasteiger partial charge in [-0.05, 0) is 18.2 Å². The molecule has 1 aromatic rings. The molecule has 6 heteroatoms.